The van der Waals surface area contributed by atoms with Gasteiger partial charge in [0.1, 0.15) is 10.6 Å². The molecule has 0 aromatic heterocycles. The predicted octanol–water partition coefficient (Wildman–Crippen LogP) is 2.52. The van der Waals surface area contributed by atoms with E-state index in [0.29, 0.717) is 5.69 Å². The topological polar surface area (TPSA) is 81.4 Å². The average Bonchev–Trinajstić information content (AvgIpc) is 2.45. The summed E-state index contributed by atoms with van der Waals surface area (Å²) in [6.45, 7) is 0.190. The van der Waals surface area contributed by atoms with Crippen LogP contribution >= 0.6 is 15.9 Å². The van der Waals surface area contributed by atoms with Gasteiger partial charge in [-0.2, -0.15) is 0 Å². The van der Waals surface area contributed by atoms with Gasteiger partial charge in [0.25, 0.3) is 0 Å². The van der Waals surface area contributed by atoms with Crippen molar-refractivity contribution in [2.75, 3.05) is 12.8 Å². The maximum Gasteiger partial charge on any atom is 0.244 e. The van der Waals surface area contributed by atoms with Crippen molar-refractivity contribution in [2.45, 2.75) is 11.4 Å². The highest BCUT2D eigenvalue weighted by molar-refractivity contribution is 9.10. The third-order valence-corrected chi connectivity index (χ3v) is 4.77. The van der Waals surface area contributed by atoms with E-state index >= 15 is 0 Å². The summed E-state index contributed by atoms with van der Waals surface area (Å²) >= 11 is 3.35. The predicted molar refractivity (Wildman–Crippen MR) is 85.6 cm³/mol. The van der Waals surface area contributed by atoms with Crippen LogP contribution in [-0.4, -0.2) is 15.5 Å². The highest BCUT2D eigenvalue weighted by atomic mass is 79.9. The van der Waals surface area contributed by atoms with Crippen molar-refractivity contribution in [3.05, 3.63) is 52.5 Å². The van der Waals surface area contributed by atoms with E-state index in [1.54, 1.807) is 0 Å². The Balaban J connectivity index is 2.23. The summed E-state index contributed by atoms with van der Waals surface area (Å²) in [5.41, 5.74) is 6.92. The number of methoxy groups -OCH3 is 1. The van der Waals surface area contributed by atoms with Crippen LogP contribution in [0.2, 0.25) is 0 Å². The van der Waals surface area contributed by atoms with Gasteiger partial charge in [-0.3, -0.25) is 0 Å². The second-order valence-corrected chi connectivity index (χ2v) is 7.02. The van der Waals surface area contributed by atoms with Crippen LogP contribution in [0, 0.1) is 0 Å². The molecule has 2 aromatic carbocycles. The van der Waals surface area contributed by atoms with E-state index in [4.69, 9.17) is 10.5 Å². The van der Waals surface area contributed by atoms with Crippen molar-refractivity contribution in [2.24, 2.45) is 0 Å². The van der Waals surface area contributed by atoms with Gasteiger partial charge in [-0.25, -0.2) is 13.1 Å². The molecule has 0 bridgehead atoms. The number of hydrogen-bond acceptors (Lipinski definition) is 4. The molecule has 5 nitrogen and oxygen atoms in total. The average molecular weight is 371 g/mol. The van der Waals surface area contributed by atoms with E-state index in [-0.39, 0.29) is 17.2 Å². The number of anilines is 1. The summed E-state index contributed by atoms with van der Waals surface area (Å²) in [7, 11) is -2.27. The Morgan fingerprint density at radius 2 is 2.00 bits per heavy atom. The van der Waals surface area contributed by atoms with Gasteiger partial charge in [-0.1, -0.05) is 28.1 Å². The molecule has 0 unspecified atom stereocenters. The zero-order valence-corrected chi connectivity index (χ0v) is 13.7. The zero-order chi connectivity index (χ0) is 15.5. The molecule has 7 heteroatoms. The number of nitrogens with one attached hydrogen (secondary N) is 1. The van der Waals surface area contributed by atoms with Crippen molar-refractivity contribution in [1.82, 2.24) is 4.72 Å². The minimum Gasteiger partial charge on any atom is -0.495 e. The van der Waals surface area contributed by atoms with Gasteiger partial charge in [0.2, 0.25) is 10.0 Å². The van der Waals surface area contributed by atoms with Crippen LogP contribution in [0.1, 0.15) is 5.56 Å². The molecule has 0 radical (unpaired) electrons. The molecule has 112 valence electrons. The number of rotatable bonds is 5. The lowest BCUT2D eigenvalue weighted by atomic mass is 10.2. The van der Waals surface area contributed by atoms with Crippen LogP contribution in [0.5, 0.6) is 5.75 Å². The normalized spacial score (nSPS) is 11.3. The molecule has 0 saturated heterocycles. The number of benzene rings is 2. The van der Waals surface area contributed by atoms with E-state index in [0.717, 1.165) is 10.0 Å². The number of sulfonamides is 1. The number of halogens is 1. The summed E-state index contributed by atoms with van der Waals surface area (Å²) in [6.07, 6.45) is 0. The van der Waals surface area contributed by atoms with E-state index in [2.05, 4.69) is 20.7 Å². The van der Waals surface area contributed by atoms with E-state index in [1.165, 1.54) is 25.3 Å². The summed E-state index contributed by atoms with van der Waals surface area (Å²) in [5, 5.41) is 0. The molecule has 0 amide bonds. The maximum absolute atomic E-state index is 12.3. The Hall–Kier alpha value is -1.57. The minimum absolute atomic E-state index is 0.0641. The summed E-state index contributed by atoms with van der Waals surface area (Å²) in [4.78, 5) is 0.0641. The Labute approximate surface area is 132 Å². The second-order valence-electron chi connectivity index (χ2n) is 4.36. The first-order chi connectivity index (χ1) is 9.92. The molecular weight excluding hydrogens is 356 g/mol. The van der Waals surface area contributed by atoms with Crippen LogP contribution in [0.3, 0.4) is 0 Å². The van der Waals surface area contributed by atoms with Crippen molar-refractivity contribution >= 4 is 31.6 Å². The Kier molecular flexibility index (Phi) is 4.87. The molecule has 2 rings (SSSR count). The summed E-state index contributed by atoms with van der Waals surface area (Å²) in [5.74, 6) is 0.219. The molecular formula is C14H15BrN2O3S. The first kappa shape index (κ1) is 15.8. The highest BCUT2D eigenvalue weighted by Gasteiger charge is 2.19. The molecule has 0 aliphatic heterocycles. The third-order valence-electron chi connectivity index (χ3n) is 2.83. The lowest BCUT2D eigenvalue weighted by molar-refractivity contribution is 0.402. The molecule has 0 heterocycles. The van der Waals surface area contributed by atoms with Gasteiger partial charge in [-0.15, -0.1) is 0 Å². The van der Waals surface area contributed by atoms with Gasteiger partial charge in [0, 0.05) is 22.8 Å². The first-order valence-electron chi connectivity index (χ1n) is 6.10. The monoisotopic (exact) mass is 370 g/mol. The number of ether oxygens (including phenoxy) is 1. The first-order valence-corrected chi connectivity index (χ1v) is 8.37. The fourth-order valence-corrected chi connectivity index (χ4v) is 3.42. The van der Waals surface area contributed by atoms with Crippen molar-refractivity contribution in [3.63, 3.8) is 0 Å². The van der Waals surface area contributed by atoms with Crippen molar-refractivity contribution in [3.8, 4) is 5.75 Å². The molecule has 21 heavy (non-hydrogen) atoms. The molecule has 0 aliphatic rings. The van der Waals surface area contributed by atoms with Gasteiger partial charge >= 0.3 is 0 Å². The largest absolute Gasteiger partial charge is 0.495 e. The van der Waals surface area contributed by atoms with E-state index in [9.17, 15) is 8.42 Å². The molecule has 0 fully saturated rings. The molecule has 0 aliphatic carbocycles. The molecule has 0 atom stereocenters. The van der Waals surface area contributed by atoms with Gasteiger partial charge in [0.15, 0.2) is 0 Å². The van der Waals surface area contributed by atoms with Crippen LogP contribution in [0.25, 0.3) is 0 Å². The van der Waals surface area contributed by atoms with Crippen LogP contribution < -0.4 is 15.2 Å². The van der Waals surface area contributed by atoms with Crippen LogP contribution in [-0.2, 0) is 16.6 Å². The number of hydrogen-bond donors (Lipinski definition) is 2. The third kappa shape index (κ3) is 3.96. The lowest BCUT2D eigenvalue weighted by Crippen LogP contribution is -2.23. The van der Waals surface area contributed by atoms with Crippen molar-refractivity contribution in [1.29, 1.82) is 0 Å². The molecule has 3 N–H and O–H groups in total. The SMILES string of the molecule is COc1cc(N)ccc1S(=O)(=O)NCc1cccc(Br)c1. The fraction of sp³-hybridized carbons (Fsp3) is 0.143. The Morgan fingerprint density at radius 3 is 2.67 bits per heavy atom. The second kappa shape index (κ2) is 6.46. The lowest BCUT2D eigenvalue weighted by Gasteiger charge is -2.11. The fourth-order valence-electron chi connectivity index (χ4n) is 1.81. The number of nitrogen functional groups attached to an aromatic ring is 1. The summed E-state index contributed by atoms with van der Waals surface area (Å²) < 4.78 is 33.2. The number of nitrogens with two attached hydrogens (primary N) is 1. The van der Waals surface area contributed by atoms with Gasteiger partial charge < -0.3 is 10.5 Å². The minimum atomic E-state index is -3.68. The Bertz CT molecular complexity index is 748. The van der Waals surface area contributed by atoms with Crippen LogP contribution in [0.15, 0.2) is 51.8 Å². The smallest absolute Gasteiger partial charge is 0.244 e. The maximum atomic E-state index is 12.3. The van der Waals surface area contributed by atoms with Crippen molar-refractivity contribution < 1.29 is 13.2 Å². The Morgan fingerprint density at radius 1 is 1.24 bits per heavy atom. The van der Waals surface area contributed by atoms with Gasteiger partial charge in [-0.05, 0) is 29.8 Å². The molecule has 0 spiro atoms. The highest BCUT2D eigenvalue weighted by Crippen LogP contribution is 2.26. The molecule has 0 saturated carbocycles. The molecule has 2 aromatic rings. The van der Waals surface area contributed by atoms with E-state index < -0.39 is 10.0 Å². The standard InChI is InChI=1S/C14H15BrN2O3S/c1-20-13-8-12(16)5-6-14(13)21(18,19)17-9-10-3-2-4-11(15)7-10/h2-8,17H,9,16H2,1H3. The van der Waals surface area contributed by atoms with Gasteiger partial charge in [0.05, 0.1) is 7.11 Å². The quantitative estimate of drug-likeness (QED) is 0.792. The summed E-state index contributed by atoms with van der Waals surface area (Å²) in [6, 6.07) is 11.8. The van der Waals surface area contributed by atoms with Crippen LogP contribution in [0.4, 0.5) is 5.69 Å². The zero-order valence-electron chi connectivity index (χ0n) is 11.3. The van der Waals surface area contributed by atoms with E-state index in [1.807, 2.05) is 24.3 Å².